The van der Waals surface area contributed by atoms with Crippen LogP contribution in [0.15, 0.2) is 60.8 Å². The number of carbonyl (C=O) groups is 2. The molecule has 0 bridgehead atoms. The largest absolute Gasteiger partial charge is 0.452 e. The molecule has 0 aliphatic carbocycles. The predicted molar refractivity (Wildman–Crippen MR) is 108 cm³/mol. The Balaban J connectivity index is 1.53. The Morgan fingerprint density at radius 3 is 2.29 bits per heavy atom. The zero-order valence-corrected chi connectivity index (χ0v) is 16.0. The van der Waals surface area contributed by atoms with Gasteiger partial charge in [-0.1, -0.05) is 0 Å². The maximum absolute atomic E-state index is 12.2. The summed E-state index contributed by atoms with van der Waals surface area (Å²) < 4.78 is 6.86. The van der Waals surface area contributed by atoms with Crippen LogP contribution in [0.3, 0.4) is 0 Å². The van der Waals surface area contributed by atoms with Gasteiger partial charge in [0.05, 0.1) is 11.3 Å². The molecule has 3 rings (SSSR count). The van der Waals surface area contributed by atoms with Crippen LogP contribution in [0.4, 0.5) is 11.4 Å². The van der Waals surface area contributed by atoms with Gasteiger partial charge < -0.3 is 15.0 Å². The summed E-state index contributed by atoms with van der Waals surface area (Å²) in [4.78, 5) is 26.1. The summed E-state index contributed by atoms with van der Waals surface area (Å²) in [6.07, 6.45) is 1.71. The lowest BCUT2D eigenvalue weighted by Gasteiger charge is -2.13. The van der Waals surface area contributed by atoms with Crippen molar-refractivity contribution in [3.8, 4) is 5.69 Å². The number of rotatable bonds is 6. The molecule has 0 unspecified atom stereocenters. The standard InChI is InChI=1S/C21H22N4O3/c1-15-12-13-22-25(15)19-8-4-16(5-9-19)21(27)28-14-20(26)23-17-6-10-18(11-7-17)24(2)3/h4-13H,14H2,1-3H3,(H,23,26). The number of nitrogens with one attached hydrogen (secondary N) is 1. The van der Waals surface area contributed by atoms with Crippen molar-refractivity contribution in [1.82, 2.24) is 9.78 Å². The topological polar surface area (TPSA) is 76.5 Å². The molecule has 0 radical (unpaired) electrons. The highest BCUT2D eigenvalue weighted by molar-refractivity contribution is 5.95. The lowest BCUT2D eigenvalue weighted by atomic mass is 10.2. The average Bonchev–Trinajstić information content (AvgIpc) is 3.12. The van der Waals surface area contributed by atoms with E-state index in [1.54, 1.807) is 47.3 Å². The fourth-order valence-corrected chi connectivity index (χ4v) is 2.63. The van der Waals surface area contributed by atoms with E-state index in [0.29, 0.717) is 11.3 Å². The molecule has 0 aliphatic heterocycles. The van der Waals surface area contributed by atoms with Crippen LogP contribution >= 0.6 is 0 Å². The summed E-state index contributed by atoms with van der Waals surface area (Å²) in [5.74, 6) is -0.948. The molecule has 28 heavy (non-hydrogen) atoms. The molecule has 2 aromatic carbocycles. The predicted octanol–water partition coefficient (Wildman–Crippen LogP) is 3.04. The minimum Gasteiger partial charge on any atom is -0.452 e. The first kappa shape index (κ1) is 19.2. The van der Waals surface area contributed by atoms with Crippen molar-refractivity contribution in [3.05, 3.63) is 72.1 Å². The van der Waals surface area contributed by atoms with E-state index in [2.05, 4.69) is 10.4 Å². The van der Waals surface area contributed by atoms with E-state index in [1.165, 1.54) is 0 Å². The highest BCUT2D eigenvalue weighted by atomic mass is 16.5. The maximum atomic E-state index is 12.2. The molecule has 0 saturated heterocycles. The minimum atomic E-state index is -0.554. The third kappa shape index (κ3) is 4.56. The number of aromatic nitrogens is 2. The number of nitrogens with zero attached hydrogens (tertiary/aromatic N) is 3. The highest BCUT2D eigenvalue weighted by Crippen LogP contribution is 2.16. The van der Waals surface area contributed by atoms with Gasteiger partial charge in [-0.25, -0.2) is 9.48 Å². The summed E-state index contributed by atoms with van der Waals surface area (Å²) in [6.45, 7) is 1.59. The Morgan fingerprint density at radius 2 is 1.71 bits per heavy atom. The summed E-state index contributed by atoms with van der Waals surface area (Å²) in [7, 11) is 3.88. The fourth-order valence-electron chi connectivity index (χ4n) is 2.63. The number of benzene rings is 2. The molecule has 0 saturated carbocycles. The number of amides is 1. The van der Waals surface area contributed by atoms with Crippen LogP contribution < -0.4 is 10.2 Å². The number of esters is 1. The number of carbonyl (C=O) groups excluding carboxylic acids is 2. The van der Waals surface area contributed by atoms with Crippen molar-refractivity contribution >= 4 is 23.3 Å². The molecule has 7 heteroatoms. The molecule has 0 spiro atoms. The first-order valence-electron chi connectivity index (χ1n) is 8.79. The van der Waals surface area contributed by atoms with Crippen LogP contribution in [-0.2, 0) is 9.53 Å². The Labute approximate surface area is 163 Å². The monoisotopic (exact) mass is 378 g/mol. The minimum absolute atomic E-state index is 0.353. The smallest absolute Gasteiger partial charge is 0.338 e. The number of hydrogen-bond acceptors (Lipinski definition) is 5. The Morgan fingerprint density at radius 1 is 1.04 bits per heavy atom. The van der Waals surface area contributed by atoms with Crippen LogP contribution in [0.25, 0.3) is 5.69 Å². The second-order valence-corrected chi connectivity index (χ2v) is 6.50. The zero-order chi connectivity index (χ0) is 20.1. The van der Waals surface area contributed by atoms with Gasteiger partial charge >= 0.3 is 5.97 Å². The van der Waals surface area contributed by atoms with E-state index in [9.17, 15) is 9.59 Å². The van der Waals surface area contributed by atoms with Crippen molar-refractivity contribution in [2.45, 2.75) is 6.92 Å². The molecule has 0 fully saturated rings. The van der Waals surface area contributed by atoms with E-state index in [4.69, 9.17) is 4.74 Å². The van der Waals surface area contributed by atoms with Gasteiger partial charge in [0, 0.05) is 37.4 Å². The fraction of sp³-hybridized carbons (Fsp3) is 0.190. The molecule has 7 nitrogen and oxygen atoms in total. The number of ether oxygens (including phenoxy) is 1. The lowest BCUT2D eigenvalue weighted by Crippen LogP contribution is -2.21. The van der Waals surface area contributed by atoms with E-state index in [-0.39, 0.29) is 6.61 Å². The van der Waals surface area contributed by atoms with Crippen molar-refractivity contribution in [2.75, 3.05) is 30.9 Å². The van der Waals surface area contributed by atoms with Crippen LogP contribution in [0.5, 0.6) is 0 Å². The normalized spacial score (nSPS) is 10.4. The Kier molecular flexibility index (Phi) is 5.74. The van der Waals surface area contributed by atoms with Crippen LogP contribution in [0.1, 0.15) is 16.1 Å². The lowest BCUT2D eigenvalue weighted by molar-refractivity contribution is -0.119. The van der Waals surface area contributed by atoms with Gasteiger partial charge in [0.25, 0.3) is 5.91 Å². The molecule has 1 N–H and O–H groups in total. The van der Waals surface area contributed by atoms with E-state index in [0.717, 1.165) is 17.1 Å². The van der Waals surface area contributed by atoms with E-state index in [1.807, 2.05) is 44.1 Å². The molecular weight excluding hydrogens is 356 g/mol. The Bertz CT molecular complexity index is 960. The van der Waals surface area contributed by atoms with Gasteiger partial charge in [-0.2, -0.15) is 5.10 Å². The van der Waals surface area contributed by atoms with Gasteiger partial charge in [-0.3, -0.25) is 4.79 Å². The summed E-state index contributed by atoms with van der Waals surface area (Å²) in [6, 6.07) is 16.1. The molecule has 0 atom stereocenters. The van der Waals surface area contributed by atoms with Gasteiger partial charge in [0.2, 0.25) is 0 Å². The SMILES string of the molecule is Cc1ccnn1-c1ccc(C(=O)OCC(=O)Nc2ccc(N(C)C)cc2)cc1. The highest BCUT2D eigenvalue weighted by Gasteiger charge is 2.11. The molecular formula is C21H22N4O3. The molecule has 1 heterocycles. The first-order chi connectivity index (χ1) is 13.4. The van der Waals surface area contributed by atoms with Crippen molar-refractivity contribution in [3.63, 3.8) is 0 Å². The van der Waals surface area contributed by atoms with Gasteiger partial charge in [0.15, 0.2) is 6.61 Å². The van der Waals surface area contributed by atoms with Crippen molar-refractivity contribution in [2.24, 2.45) is 0 Å². The van der Waals surface area contributed by atoms with Crippen molar-refractivity contribution in [1.29, 1.82) is 0 Å². The summed E-state index contributed by atoms with van der Waals surface area (Å²) >= 11 is 0. The second-order valence-electron chi connectivity index (χ2n) is 6.50. The third-order valence-corrected chi connectivity index (χ3v) is 4.18. The Hall–Kier alpha value is -3.61. The van der Waals surface area contributed by atoms with E-state index >= 15 is 0 Å². The van der Waals surface area contributed by atoms with E-state index < -0.39 is 11.9 Å². The molecule has 1 aromatic heterocycles. The quantitative estimate of drug-likeness (QED) is 0.667. The van der Waals surface area contributed by atoms with Crippen molar-refractivity contribution < 1.29 is 14.3 Å². The maximum Gasteiger partial charge on any atom is 0.338 e. The molecule has 0 aliphatic rings. The summed E-state index contributed by atoms with van der Waals surface area (Å²) in [5.41, 5.74) is 3.88. The van der Waals surface area contributed by atoms with Gasteiger partial charge in [0.1, 0.15) is 0 Å². The number of anilines is 2. The molecule has 1 amide bonds. The molecule has 144 valence electrons. The van der Waals surface area contributed by atoms with Crippen LogP contribution in [0.2, 0.25) is 0 Å². The van der Waals surface area contributed by atoms with Gasteiger partial charge in [-0.15, -0.1) is 0 Å². The summed E-state index contributed by atoms with van der Waals surface area (Å²) in [5, 5.41) is 6.92. The molecule has 3 aromatic rings. The average molecular weight is 378 g/mol. The number of hydrogen-bond donors (Lipinski definition) is 1. The zero-order valence-electron chi connectivity index (χ0n) is 16.0. The second kappa shape index (κ2) is 8.39. The van der Waals surface area contributed by atoms with Gasteiger partial charge in [-0.05, 0) is 61.5 Å². The third-order valence-electron chi connectivity index (χ3n) is 4.18. The van der Waals surface area contributed by atoms with Crippen LogP contribution in [0, 0.1) is 6.92 Å². The number of aryl methyl sites for hydroxylation is 1. The first-order valence-corrected chi connectivity index (χ1v) is 8.79. The van der Waals surface area contributed by atoms with Crippen LogP contribution in [-0.4, -0.2) is 42.4 Å².